The summed E-state index contributed by atoms with van der Waals surface area (Å²) in [6.45, 7) is 5.66. The molecule has 0 bridgehead atoms. The number of alkyl halides is 1. The average molecular weight is 352 g/mol. The fraction of sp³-hybridized carbons (Fsp3) is 0.556. The number of hydrogen-bond acceptors (Lipinski definition) is 5. The van der Waals surface area contributed by atoms with Gasteiger partial charge in [-0.15, -0.1) is 5.06 Å². The van der Waals surface area contributed by atoms with Gasteiger partial charge in [0, 0.05) is 13.1 Å². The smallest absolute Gasteiger partial charge is 0.407 e. The molecule has 1 aromatic carbocycles. The number of halogens is 1. The number of hydroxylamine groups is 2. The van der Waals surface area contributed by atoms with Gasteiger partial charge in [0.2, 0.25) is 0 Å². The molecule has 0 saturated carbocycles. The molecular weight excluding hydrogens is 327 g/mol. The first-order valence-electron chi connectivity index (χ1n) is 8.35. The van der Waals surface area contributed by atoms with Crippen LogP contribution in [0.5, 0.6) is 0 Å². The van der Waals surface area contributed by atoms with Crippen molar-refractivity contribution in [1.82, 2.24) is 10.4 Å². The number of piperidine rings is 1. The van der Waals surface area contributed by atoms with Crippen LogP contribution >= 0.6 is 0 Å². The lowest BCUT2D eigenvalue weighted by atomic mass is 9.94. The molecule has 1 aliphatic rings. The molecule has 0 spiro atoms. The van der Waals surface area contributed by atoms with Gasteiger partial charge in [-0.2, -0.15) is 0 Å². The summed E-state index contributed by atoms with van der Waals surface area (Å²) in [5.41, 5.74) is -1.71. The number of benzene rings is 1. The maximum absolute atomic E-state index is 14.8. The van der Waals surface area contributed by atoms with Crippen LogP contribution in [-0.2, 0) is 9.57 Å². The second kappa shape index (κ2) is 7.82. The molecule has 1 aromatic rings. The molecule has 0 aliphatic carbocycles. The van der Waals surface area contributed by atoms with Crippen molar-refractivity contribution in [3.8, 4) is 0 Å². The number of nitrogens with zero attached hydrogens (tertiary/aromatic N) is 1. The van der Waals surface area contributed by atoms with E-state index >= 15 is 0 Å². The zero-order valence-electron chi connectivity index (χ0n) is 14.9. The molecule has 1 N–H and O–H groups in total. The number of amides is 1. The Morgan fingerprint density at radius 2 is 1.80 bits per heavy atom. The molecule has 25 heavy (non-hydrogen) atoms. The van der Waals surface area contributed by atoms with Gasteiger partial charge >= 0.3 is 12.1 Å². The lowest BCUT2D eigenvalue weighted by Crippen LogP contribution is -2.49. The number of alkyl carbamates (subject to hydrolysis) is 1. The molecule has 0 radical (unpaired) electrons. The third-order valence-electron chi connectivity index (χ3n) is 3.79. The van der Waals surface area contributed by atoms with Gasteiger partial charge in [-0.1, -0.05) is 18.2 Å². The summed E-state index contributed by atoms with van der Waals surface area (Å²) in [6, 6.07) is 8.64. The van der Waals surface area contributed by atoms with Crippen LogP contribution in [0.4, 0.5) is 9.18 Å². The number of carbonyl (C=O) groups is 2. The monoisotopic (exact) mass is 352 g/mol. The normalized spacial score (nSPS) is 17.6. The SMILES string of the molecule is CC(C)(C)OC(=O)NCC1(F)CCN(OC(=O)c2ccccc2)CC1. The van der Waals surface area contributed by atoms with E-state index in [1.807, 2.05) is 6.07 Å². The summed E-state index contributed by atoms with van der Waals surface area (Å²) in [5, 5.41) is 3.93. The van der Waals surface area contributed by atoms with Crippen LogP contribution in [0.2, 0.25) is 0 Å². The molecule has 1 aliphatic heterocycles. The number of carbonyl (C=O) groups excluding carboxylic acids is 2. The van der Waals surface area contributed by atoms with Gasteiger partial charge in [0.15, 0.2) is 0 Å². The minimum atomic E-state index is -1.54. The lowest BCUT2D eigenvalue weighted by Gasteiger charge is -2.35. The van der Waals surface area contributed by atoms with E-state index in [1.54, 1.807) is 45.0 Å². The van der Waals surface area contributed by atoms with Crippen LogP contribution in [0.3, 0.4) is 0 Å². The maximum Gasteiger partial charge on any atom is 0.407 e. The van der Waals surface area contributed by atoms with Crippen molar-refractivity contribution in [1.29, 1.82) is 0 Å². The molecule has 0 unspecified atom stereocenters. The van der Waals surface area contributed by atoms with Crippen LogP contribution in [0.15, 0.2) is 30.3 Å². The number of ether oxygens (including phenoxy) is 1. The Balaban J connectivity index is 1.76. The van der Waals surface area contributed by atoms with E-state index in [0.29, 0.717) is 5.56 Å². The molecule has 138 valence electrons. The predicted octanol–water partition coefficient (Wildman–Crippen LogP) is 3.09. The first-order chi connectivity index (χ1) is 11.7. The molecule has 7 heteroatoms. The Kier molecular flexibility index (Phi) is 6.00. The van der Waals surface area contributed by atoms with Crippen LogP contribution in [0.1, 0.15) is 44.0 Å². The molecule has 6 nitrogen and oxygen atoms in total. The lowest BCUT2D eigenvalue weighted by molar-refractivity contribution is -0.139. The van der Waals surface area contributed by atoms with Crippen molar-refractivity contribution >= 4 is 12.1 Å². The van der Waals surface area contributed by atoms with Gasteiger partial charge in [0.25, 0.3) is 0 Å². The van der Waals surface area contributed by atoms with E-state index in [2.05, 4.69) is 5.32 Å². The third kappa shape index (κ3) is 6.34. The summed E-state index contributed by atoms with van der Waals surface area (Å²) in [4.78, 5) is 28.9. The second-order valence-electron chi connectivity index (χ2n) is 7.18. The van der Waals surface area contributed by atoms with Crippen molar-refractivity contribution in [2.75, 3.05) is 19.6 Å². The Hall–Kier alpha value is -2.15. The van der Waals surface area contributed by atoms with Gasteiger partial charge in [-0.25, -0.2) is 14.0 Å². The standard InChI is InChI=1S/C18H25FN2O4/c1-17(2,3)24-16(23)20-13-18(19)9-11-21(12-10-18)25-15(22)14-7-5-4-6-8-14/h4-8H,9-13H2,1-3H3,(H,20,23). The van der Waals surface area contributed by atoms with E-state index in [1.165, 1.54) is 5.06 Å². The number of nitrogens with one attached hydrogen (secondary N) is 1. The van der Waals surface area contributed by atoms with E-state index in [0.717, 1.165) is 0 Å². The summed E-state index contributed by atoms with van der Waals surface area (Å²) < 4.78 is 19.9. The van der Waals surface area contributed by atoms with Gasteiger partial charge in [0.1, 0.15) is 11.3 Å². The van der Waals surface area contributed by atoms with E-state index < -0.39 is 23.3 Å². The maximum atomic E-state index is 14.8. The Labute approximate surface area is 147 Å². The fourth-order valence-electron chi connectivity index (χ4n) is 2.44. The Morgan fingerprint density at radius 1 is 1.20 bits per heavy atom. The summed E-state index contributed by atoms with van der Waals surface area (Å²) in [5.74, 6) is -0.459. The summed E-state index contributed by atoms with van der Waals surface area (Å²) in [6.07, 6.45) is -0.321. The molecule has 2 rings (SSSR count). The average Bonchev–Trinajstić information content (AvgIpc) is 2.55. The summed E-state index contributed by atoms with van der Waals surface area (Å²) >= 11 is 0. The Morgan fingerprint density at radius 3 is 2.36 bits per heavy atom. The predicted molar refractivity (Wildman–Crippen MR) is 90.7 cm³/mol. The highest BCUT2D eigenvalue weighted by Crippen LogP contribution is 2.26. The fourth-order valence-corrected chi connectivity index (χ4v) is 2.44. The second-order valence-corrected chi connectivity index (χ2v) is 7.18. The molecule has 1 saturated heterocycles. The van der Waals surface area contributed by atoms with E-state index in [9.17, 15) is 14.0 Å². The molecule has 1 amide bonds. The van der Waals surface area contributed by atoms with E-state index in [4.69, 9.17) is 9.57 Å². The minimum Gasteiger partial charge on any atom is -0.444 e. The van der Waals surface area contributed by atoms with E-state index in [-0.39, 0.29) is 32.5 Å². The number of hydrogen-bond donors (Lipinski definition) is 1. The van der Waals surface area contributed by atoms with Gasteiger partial charge in [-0.05, 0) is 45.7 Å². The molecule has 1 fully saturated rings. The van der Waals surface area contributed by atoms with Gasteiger partial charge in [0.05, 0.1) is 12.1 Å². The van der Waals surface area contributed by atoms with Crippen molar-refractivity contribution in [2.24, 2.45) is 0 Å². The highest BCUT2D eigenvalue weighted by atomic mass is 19.1. The summed E-state index contributed by atoms with van der Waals surface area (Å²) in [7, 11) is 0. The van der Waals surface area contributed by atoms with Crippen LogP contribution < -0.4 is 5.32 Å². The van der Waals surface area contributed by atoms with Gasteiger partial charge in [-0.3, -0.25) is 0 Å². The van der Waals surface area contributed by atoms with Crippen molar-refractivity contribution in [3.63, 3.8) is 0 Å². The third-order valence-corrected chi connectivity index (χ3v) is 3.79. The van der Waals surface area contributed by atoms with Crippen LogP contribution in [0.25, 0.3) is 0 Å². The minimum absolute atomic E-state index is 0.123. The van der Waals surface area contributed by atoms with Crippen LogP contribution in [-0.4, -0.2) is 48.0 Å². The molecule has 0 atom stereocenters. The topological polar surface area (TPSA) is 67.9 Å². The highest BCUT2D eigenvalue weighted by Gasteiger charge is 2.36. The van der Waals surface area contributed by atoms with Crippen molar-refractivity contribution < 1.29 is 23.6 Å². The quantitative estimate of drug-likeness (QED) is 0.902. The van der Waals surface area contributed by atoms with Gasteiger partial charge < -0.3 is 14.9 Å². The molecular formula is C18H25FN2O4. The zero-order chi connectivity index (χ0) is 18.5. The highest BCUT2D eigenvalue weighted by molar-refractivity contribution is 5.89. The Bertz CT molecular complexity index is 593. The van der Waals surface area contributed by atoms with Crippen molar-refractivity contribution in [3.05, 3.63) is 35.9 Å². The zero-order valence-corrected chi connectivity index (χ0v) is 14.9. The number of rotatable bonds is 4. The first-order valence-corrected chi connectivity index (χ1v) is 8.35. The van der Waals surface area contributed by atoms with Crippen molar-refractivity contribution in [2.45, 2.75) is 44.9 Å². The first kappa shape index (κ1) is 19.2. The molecule has 1 heterocycles. The van der Waals surface area contributed by atoms with Crippen LogP contribution in [0, 0.1) is 0 Å². The molecule has 0 aromatic heterocycles. The largest absolute Gasteiger partial charge is 0.444 e.